The van der Waals surface area contributed by atoms with Crippen LogP contribution in [0.5, 0.6) is 0 Å². The van der Waals surface area contributed by atoms with Gasteiger partial charge in [-0.2, -0.15) is 25.3 Å². The molecule has 1 aromatic rings. The molecule has 0 amide bonds. The molecule has 0 bridgehead atoms. The summed E-state index contributed by atoms with van der Waals surface area (Å²) in [7, 11) is 0. The SMILES string of the molecule is CCCCCCCC(C)(c1nncs1)C(S)S. The summed E-state index contributed by atoms with van der Waals surface area (Å²) in [6, 6.07) is 0. The molecule has 0 N–H and O–H groups in total. The molecule has 1 heterocycles. The highest BCUT2D eigenvalue weighted by Gasteiger charge is 2.34. The van der Waals surface area contributed by atoms with Crippen LogP contribution < -0.4 is 0 Å². The van der Waals surface area contributed by atoms with Crippen LogP contribution in [0.4, 0.5) is 0 Å². The van der Waals surface area contributed by atoms with Crippen LogP contribution >= 0.6 is 36.6 Å². The number of rotatable bonds is 8. The molecule has 17 heavy (non-hydrogen) atoms. The van der Waals surface area contributed by atoms with Crippen molar-refractivity contribution in [2.45, 2.75) is 62.4 Å². The minimum atomic E-state index is -0.0559. The summed E-state index contributed by atoms with van der Waals surface area (Å²) in [4.78, 5) is 0. The molecular weight excluding hydrogens is 268 g/mol. The first-order valence-electron chi connectivity index (χ1n) is 6.24. The summed E-state index contributed by atoms with van der Waals surface area (Å²) >= 11 is 10.6. The van der Waals surface area contributed by atoms with Crippen molar-refractivity contribution in [1.29, 1.82) is 0 Å². The Balaban J connectivity index is 2.49. The van der Waals surface area contributed by atoms with Gasteiger partial charge in [-0.25, -0.2) is 0 Å². The van der Waals surface area contributed by atoms with Crippen molar-refractivity contribution in [2.24, 2.45) is 0 Å². The zero-order valence-electron chi connectivity index (χ0n) is 10.6. The molecule has 1 rings (SSSR count). The van der Waals surface area contributed by atoms with Gasteiger partial charge in [0.15, 0.2) is 0 Å². The monoisotopic (exact) mass is 290 g/mol. The second-order valence-electron chi connectivity index (χ2n) is 4.70. The molecule has 98 valence electrons. The molecule has 1 atom stereocenters. The highest BCUT2D eigenvalue weighted by molar-refractivity contribution is 7.99. The second kappa shape index (κ2) is 7.64. The van der Waals surface area contributed by atoms with E-state index >= 15 is 0 Å². The maximum absolute atomic E-state index is 4.51. The van der Waals surface area contributed by atoms with E-state index in [1.54, 1.807) is 16.8 Å². The molecule has 0 aliphatic rings. The summed E-state index contributed by atoms with van der Waals surface area (Å²) in [5.74, 6) is 0. The zero-order chi connectivity index (χ0) is 12.7. The molecule has 1 unspecified atom stereocenters. The normalized spacial score (nSPS) is 15.1. The van der Waals surface area contributed by atoms with Crippen LogP contribution in [0, 0.1) is 0 Å². The molecule has 1 aromatic heterocycles. The first-order chi connectivity index (χ1) is 8.11. The van der Waals surface area contributed by atoms with Crippen molar-refractivity contribution < 1.29 is 0 Å². The number of nitrogens with zero attached hydrogens (tertiary/aromatic N) is 2. The fourth-order valence-electron chi connectivity index (χ4n) is 1.86. The Kier molecular flexibility index (Phi) is 6.89. The van der Waals surface area contributed by atoms with Crippen LogP contribution in [-0.4, -0.2) is 14.8 Å². The van der Waals surface area contributed by atoms with Gasteiger partial charge in [-0.05, 0) is 6.42 Å². The quantitative estimate of drug-likeness (QED) is 0.423. The van der Waals surface area contributed by atoms with Crippen molar-refractivity contribution in [2.75, 3.05) is 0 Å². The number of aromatic nitrogens is 2. The van der Waals surface area contributed by atoms with E-state index in [4.69, 9.17) is 0 Å². The Morgan fingerprint density at radius 1 is 1.29 bits per heavy atom. The second-order valence-corrected chi connectivity index (χ2v) is 6.97. The van der Waals surface area contributed by atoms with Gasteiger partial charge in [-0.3, -0.25) is 0 Å². The topological polar surface area (TPSA) is 25.8 Å². The Labute approximate surface area is 119 Å². The van der Waals surface area contributed by atoms with Crippen LogP contribution in [0.1, 0.15) is 57.4 Å². The van der Waals surface area contributed by atoms with Crippen molar-refractivity contribution in [1.82, 2.24) is 10.2 Å². The maximum Gasteiger partial charge on any atom is 0.125 e. The fourth-order valence-corrected chi connectivity index (χ4v) is 3.32. The minimum absolute atomic E-state index is 0.0154. The van der Waals surface area contributed by atoms with Gasteiger partial charge in [-0.15, -0.1) is 21.5 Å². The van der Waals surface area contributed by atoms with E-state index in [1.807, 2.05) is 0 Å². The van der Waals surface area contributed by atoms with Gasteiger partial charge in [0.2, 0.25) is 0 Å². The van der Waals surface area contributed by atoms with E-state index < -0.39 is 0 Å². The van der Waals surface area contributed by atoms with Crippen molar-refractivity contribution in [3.05, 3.63) is 10.5 Å². The largest absolute Gasteiger partial charge is 0.164 e. The maximum atomic E-state index is 4.51. The third kappa shape index (κ3) is 4.45. The molecule has 0 spiro atoms. The molecule has 0 fully saturated rings. The summed E-state index contributed by atoms with van der Waals surface area (Å²) < 4.78 is 0.0154. The van der Waals surface area contributed by atoms with E-state index in [9.17, 15) is 0 Å². The Morgan fingerprint density at radius 3 is 2.53 bits per heavy atom. The molecule has 0 aliphatic heterocycles. The van der Waals surface area contributed by atoms with E-state index in [0.717, 1.165) is 11.4 Å². The van der Waals surface area contributed by atoms with Gasteiger partial charge in [0, 0.05) is 5.41 Å². The molecule has 0 aliphatic carbocycles. The van der Waals surface area contributed by atoms with Crippen LogP contribution in [0.25, 0.3) is 0 Å². The van der Waals surface area contributed by atoms with Crippen LogP contribution in [0.2, 0.25) is 0 Å². The first-order valence-corrected chi connectivity index (χ1v) is 8.15. The van der Waals surface area contributed by atoms with Crippen LogP contribution in [0.15, 0.2) is 5.51 Å². The van der Waals surface area contributed by atoms with Gasteiger partial charge in [0.25, 0.3) is 0 Å². The number of hydrogen-bond donors (Lipinski definition) is 2. The number of hydrogen-bond acceptors (Lipinski definition) is 5. The van der Waals surface area contributed by atoms with Crippen LogP contribution in [-0.2, 0) is 5.41 Å². The molecule has 0 aromatic carbocycles. The van der Waals surface area contributed by atoms with Crippen molar-refractivity contribution >= 4 is 36.6 Å². The lowest BCUT2D eigenvalue weighted by Gasteiger charge is -2.29. The predicted molar refractivity (Wildman–Crippen MR) is 82.4 cm³/mol. The summed E-state index contributed by atoms with van der Waals surface area (Å²) in [5, 5.41) is 9.18. The number of thiol groups is 2. The summed E-state index contributed by atoms with van der Waals surface area (Å²) in [6.07, 6.45) is 7.54. The van der Waals surface area contributed by atoms with E-state index in [0.29, 0.717) is 0 Å². The predicted octanol–water partition coefficient (Wildman–Crippen LogP) is 4.34. The van der Waals surface area contributed by atoms with Crippen LogP contribution in [0.3, 0.4) is 0 Å². The van der Waals surface area contributed by atoms with E-state index in [1.165, 1.54) is 32.1 Å². The Bertz CT molecular complexity index is 301. The zero-order valence-corrected chi connectivity index (χ0v) is 13.2. The highest BCUT2D eigenvalue weighted by atomic mass is 32.2. The van der Waals surface area contributed by atoms with Gasteiger partial charge in [0.1, 0.15) is 10.5 Å². The van der Waals surface area contributed by atoms with Gasteiger partial charge in [-0.1, -0.05) is 46.0 Å². The summed E-state index contributed by atoms with van der Waals surface area (Å²) in [6.45, 7) is 4.43. The van der Waals surface area contributed by atoms with Gasteiger partial charge < -0.3 is 0 Å². The van der Waals surface area contributed by atoms with Gasteiger partial charge in [0.05, 0.1) is 4.58 Å². The molecule has 0 radical (unpaired) electrons. The number of unbranched alkanes of at least 4 members (excludes halogenated alkanes) is 4. The van der Waals surface area contributed by atoms with Crippen molar-refractivity contribution in [3.63, 3.8) is 0 Å². The molecule has 0 saturated heterocycles. The molecule has 0 saturated carbocycles. The average Bonchev–Trinajstić information content (AvgIpc) is 2.82. The average molecular weight is 291 g/mol. The third-order valence-corrected chi connectivity index (χ3v) is 5.33. The lowest BCUT2D eigenvalue weighted by molar-refractivity contribution is 0.435. The van der Waals surface area contributed by atoms with Gasteiger partial charge >= 0.3 is 0 Å². The minimum Gasteiger partial charge on any atom is -0.164 e. The molecule has 2 nitrogen and oxygen atoms in total. The Morgan fingerprint density at radius 2 is 2.00 bits per heavy atom. The first kappa shape index (κ1) is 15.3. The fraction of sp³-hybridized carbons (Fsp3) is 0.833. The van der Waals surface area contributed by atoms with E-state index in [-0.39, 0.29) is 10.00 Å². The summed E-state index contributed by atoms with van der Waals surface area (Å²) in [5.41, 5.74) is 1.73. The third-order valence-electron chi connectivity index (χ3n) is 3.22. The lowest BCUT2D eigenvalue weighted by Crippen LogP contribution is -2.29. The molecule has 5 heteroatoms. The molecular formula is C12H22N2S3. The Hall–Kier alpha value is 0.260. The van der Waals surface area contributed by atoms with Crippen molar-refractivity contribution in [3.8, 4) is 0 Å². The smallest absolute Gasteiger partial charge is 0.125 e. The highest BCUT2D eigenvalue weighted by Crippen LogP contribution is 2.38. The van der Waals surface area contributed by atoms with E-state index in [2.05, 4.69) is 49.3 Å². The lowest BCUT2D eigenvalue weighted by atomic mass is 9.87. The standard InChI is InChI=1S/C12H22N2S3/c1-3-4-5-6-7-8-12(2,11(15)16)10-14-13-9-17-10/h9,11,15-16H,3-8H2,1-2H3.